The van der Waals surface area contributed by atoms with Crippen molar-refractivity contribution in [3.63, 3.8) is 0 Å². The lowest BCUT2D eigenvalue weighted by Gasteiger charge is -2.30. The zero-order chi connectivity index (χ0) is 16.1. The van der Waals surface area contributed by atoms with Gasteiger partial charge in [0.2, 0.25) is 5.91 Å². The highest BCUT2D eigenvalue weighted by molar-refractivity contribution is 5.92. The van der Waals surface area contributed by atoms with Gasteiger partial charge < -0.3 is 15.0 Å². The molecule has 1 N–H and O–H groups in total. The fourth-order valence-electron chi connectivity index (χ4n) is 2.79. The molecule has 0 unspecified atom stereocenters. The van der Waals surface area contributed by atoms with Crippen molar-refractivity contribution in [1.29, 1.82) is 0 Å². The van der Waals surface area contributed by atoms with Crippen LogP contribution in [-0.4, -0.2) is 32.2 Å². The minimum absolute atomic E-state index is 0.111. The number of rotatable bonds is 5. The van der Waals surface area contributed by atoms with Gasteiger partial charge in [-0.15, -0.1) is 0 Å². The lowest BCUT2D eigenvalue weighted by atomic mass is 10.0. The van der Waals surface area contributed by atoms with Crippen molar-refractivity contribution in [3.8, 4) is 0 Å². The zero-order valence-electron chi connectivity index (χ0n) is 14.2. The summed E-state index contributed by atoms with van der Waals surface area (Å²) < 4.78 is 5.41. The highest BCUT2D eigenvalue weighted by atomic mass is 16.5. The number of aryl methyl sites for hydroxylation is 2. The van der Waals surface area contributed by atoms with E-state index in [1.54, 1.807) is 0 Å². The second-order valence-corrected chi connectivity index (χ2v) is 6.32. The summed E-state index contributed by atoms with van der Waals surface area (Å²) in [6.07, 6.45) is 1.61. The first-order chi connectivity index (χ1) is 10.5. The molecule has 0 saturated carbocycles. The molecule has 1 saturated heterocycles. The third-order valence-electron chi connectivity index (χ3n) is 4.39. The molecule has 0 aromatic heterocycles. The minimum atomic E-state index is 0.111. The standard InChI is InChI=1S/C18H28N2O2/c1-5-13(2)10-17(21)19-18-14(3)11-16(12-15(18)4)20-6-8-22-9-7-20/h11-13H,5-10H2,1-4H3,(H,19,21)/t13-/m0/s1. The largest absolute Gasteiger partial charge is 0.378 e. The molecule has 2 rings (SSSR count). The molecule has 4 heteroatoms. The molecular weight excluding hydrogens is 276 g/mol. The Morgan fingerprint density at radius 2 is 1.86 bits per heavy atom. The number of morpholine rings is 1. The maximum atomic E-state index is 12.1. The van der Waals surface area contributed by atoms with Gasteiger partial charge in [0.25, 0.3) is 0 Å². The quantitative estimate of drug-likeness (QED) is 0.905. The Bertz CT molecular complexity index is 499. The Balaban J connectivity index is 2.11. The fourth-order valence-corrected chi connectivity index (χ4v) is 2.79. The molecule has 1 heterocycles. The number of nitrogens with one attached hydrogen (secondary N) is 1. The number of anilines is 2. The van der Waals surface area contributed by atoms with Gasteiger partial charge in [-0.25, -0.2) is 0 Å². The molecule has 0 radical (unpaired) electrons. The molecule has 1 amide bonds. The van der Waals surface area contributed by atoms with Crippen molar-refractivity contribution in [1.82, 2.24) is 0 Å². The van der Waals surface area contributed by atoms with Crippen LogP contribution in [0, 0.1) is 19.8 Å². The van der Waals surface area contributed by atoms with Gasteiger partial charge in [-0.1, -0.05) is 20.3 Å². The Labute approximate surface area is 133 Å². The predicted octanol–water partition coefficient (Wildman–Crippen LogP) is 3.51. The van der Waals surface area contributed by atoms with E-state index >= 15 is 0 Å². The molecule has 122 valence electrons. The fraction of sp³-hybridized carbons (Fsp3) is 0.611. The summed E-state index contributed by atoms with van der Waals surface area (Å²) in [5.41, 5.74) is 4.43. The number of benzene rings is 1. The highest BCUT2D eigenvalue weighted by Crippen LogP contribution is 2.28. The summed E-state index contributed by atoms with van der Waals surface area (Å²) in [7, 11) is 0. The Morgan fingerprint density at radius 3 is 2.41 bits per heavy atom. The van der Waals surface area contributed by atoms with Crippen LogP contribution in [0.1, 0.15) is 37.8 Å². The summed E-state index contributed by atoms with van der Waals surface area (Å²) in [5.74, 6) is 0.535. The average Bonchev–Trinajstić information content (AvgIpc) is 2.51. The van der Waals surface area contributed by atoms with Crippen LogP contribution < -0.4 is 10.2 Å². The van der Waals surface area contributed by atoms with Crippen LogP contribution in [0.25, 0.3) is 0 Å². The van der Waals surface area contributed by atoms with Crippen molar-refractivity contribution < 1.29 is 9.53 Å². The lowest BCUT2D eigenvalue weighted by Crippen LogP contribution is -2.36. The van der Waals surface area contributed by atoms with Gasteiger partial charge in [0.1, 0.15) is 0 Å². The van der Waals surface area contributed by atoms with Crippen molar-refractivity contribution >= 4 is 17.3 Å². The third-order valence-corrected chi connectivity index (χ3v) is 4.39. The van der Waals surface area contributed by atoms with Gasteiger partial charge in [0, 0.05) is 30.9 Å². The van der Waals surface area contributed by atoms with E-state index in [2.05, 4.69) is 50.0 Å². The molecule has 1 fully saturated rings. The number of carbonyl (C=O) groups is 1. The molecule has 1 aliphatic heterocycles. The van der Waals surface area contributed by atoms with Crippen LogP contribution in [0.5, 0.6) is 0 Å². The third kappa shape index (κ3) is 4.23. The normalized spacial score (nSPS) is 16.5. The lowest BCUT2D eigenvalue weighted by molar-refractivity contribution is -0.117. The summed E-state index contributed by atoms with van der Waals surface area (Å²) in [6.45, 7) is 11.8. The van der Waals surface area contributed by atoms with Crippen molar-refractivity contribution in [2.45, 2.75) is 40.5 Å². The smallest absolute Gasteiger partial charge is 0.224 e. The number of amides is 1. The SMILES string of the molecule is CC[C@H](C)CC(=O)Nc1c(C)cc(N2CCOCC2)cc1C. The number of hydrogen-bond donors (Lipinski definition) is 1. The van der Waals surface area contributed by atoms with Crippen molar-refractivity contribution in [2.75, 3.05) is 36.5 Å². The van der Waals surface area contributed by atoms with Crippen LogP contribution >= 0.6 is 0 Å². The number of hydrogen-bond acceptors (Lipinski definition) is 3. The summed E-state index contributed by atoms with van der Waals surface area (Å²) in [4.78, 5) is 14.5. The van der Waals surface area contributed by atoms with E-state index in [0.717, 1.165) is 49.5 Å². The molecule has 22 heavy (non-hydrogen) atoms. The van der Waals surface area contributed by atoms with Crippen molar-refractivity contribution in [2.24, 2.45) is 5.92 Å². The van der Waals surface area contributed by atoms with Crippen LogP contribution in [0.3, 0.4) is 0 Å². The molecular formula is C18H28N2O2. The van der Waals surface area contributed by atoms with E-state index in [4.69, 9.17) is 4.74 Å². The summed E-state index contributed by atoms with van der Waals surface area (Å²) >= 11 is 0. The summed E-state index contributed by atoms with van der Waals surface area (Å²) in [6, 6.07) is 4.33. The average molecular weight is 304 g/mol. The monoisotopic (exact) mass is 304 g/mol. The highest BCUT2D eigenvalue weighted by Gasteiger charge is 2.15. The van der Waals surface area contributed by atoms with Crippen LogP contribution in [-0.2, 0) is 9.53 Å². The van der Waals surface area contributed by atoms with E-state index in [9.17, 15) is 4.79 Å². The van der Waals surface area contributed by atoms with Gasteiger partial charge in [0.15, 0.2) is 0 Å². The van der Waals surface area contributed by atoms with E-state index in [1.807, 2.05) is 0 Å². The van der Waals surface area contributed by atoms with Gasteiger partial charge >= 0.3 is 0 Å². The number of nitrogens with zero attached hydrogens (tertiary/aromatic N) is 1. The van der Waals surface area contributed by atoms with Gasteiger partial charge in [0.05, 0.1) is 13.2 Å². The van der Waals surface area contributed by atoms with Crippen LogP contribution in [0.4, 0.5) is 11.4 Å². The number of ether oxygens (including phenoxy) is 1. The van der Waals surface area contributed by atoms with Gasteiger partial charge in [-0.2, -0.15) is 0 Å². The zero-order valence-corrected chi connectivity index (χ0v) is 14.2. The summed E-state index contributed by atoms with van der Waals surface area (Å²) in [5, 5.41) is 3.09. The first-order valence-electron chi connectivity index (χ1n) is 8.25. The molecule has 1 aromatic carbocycles. The molecule has 4 nitrogen and oxygen atoms in total. The first-order valence-corrected chi connectivity index (χ1v) is 8.25. The predicted molar refractivity (Wildman–Crippen MR) is 91.6 cm³/mol. The topological polar surface area (TPSA) is 41.6 Å². The maximum absolute atomic E-state index is 12.1. The minimum Gasteiger partial charge on any atom is -0.378 e. The molecule has 1 aliphatic rings. The van der Waals surface area contributed by atoms with Gasteiger partial charge in [-0.05, 0) is 43.0 Å². The maximum Gasteiger partial charge on any atom is 0.224 e. The second-order valence-electron chi connectivity index (χ2n) is 6.32. The van der Waals surface area contributed by atoms with Gasteiger partial charge in [-0.3, -0.25) is 4.79 Å². The molecule has 0 bridgehead atoms. The van der Waals surface area contributed by atoms with Crippen LogP contribution in [0.2, 0.25) is 0 Å². The van der Waals surface area contributed by atoms with E-state index in [0.29, 0.717) is 12.3 Å². The van der Waals surface area contributed by atoms with E-state index in [1.165, 1.54) is 5.69 Å². The van der Waals surface area contributed by atoms with Crippen LogP contribution in [0.15, 0.2) is 12.1 Å². The van der Waals surface area contributed by atoms with E-state index < -0.39 is 0 Å². The molecule has 0 aliphatic carbocycles. The Hall–Kier alpha value is -1.55. The second kappa shape index (κ2) is 7.63. The first kappa shape index (κ1) is 16.8. The molecule has 1 aromatic rings. The number of carbonyl (C=O) groups excluding carboxylic acids is 1. The molecule has 0 spiro atoms. The van der Waals surface area contributed by atoms with E-state index in [-0.39, 0.29) is 5.91 Å². The Kier molecular flexibility index (Phi) is 5.83. The molecule has 1 atom stereocenters. The van der Waals surface area contributed by atoms with Crippen molar-refractivity contribution in [3.05, 3.63) is 23.3 Å². The Morgan fingerprint density at radius 1 is 1.27 bits per heavy atom.